The van der Waals surface area contributed by atoms with Gasteiger partial charge in [0.05, 0.1) is 6.10 Å². The Balaban J connectivity index is 1.23. The molecule has 2 N–H and O–H groups in total. The van der Waals surface area contributed by atoms with Gasteiger partial charge in [-0.1, -0.05) is 36.4 Å². The van der Waals surface area contributed by atoms with Crippen molar-refractivity contribution in [3.8, 4) is 11.5 Å². The number of para-hydroxylation sites is 2. The molecule has 0 aromatic heterocycles. The summed E-state index contributed by atoms with van der Waals surface area (Å²) in [4.78, 5) is 2.49. The van der Waals surface area contributed by atoms with E-state index in [2.05, 4.69) is 17.0 Å². The number of aliphatic hydroxyl groups is 2. The highest BCUT2D eigenvalue weighted by Gasteiger charge is 2.26. The van der Waals surface area contributed by atoms with Crippen LogP contribution in [0.3, 0.4) is 0 Å². The van der Waals surface area contributed by atoms with Gasteiger partial charge in [-0.15, -0.1) is 0 Å². The van der Waals surface area contributed by atoms with Crippen LogP contribution in [0.15, 0.2) is 48.5 Å². The van der Waals surface area contributed by atoms with E-state index in [-0.39, 0.29) is 6.10 Å². The van der Waals surface area contributed by atoms with Crippen LogP contribution in [0, 0.1) is 5.92 Å². The summed E-state index contributed by atoms with van der Waals surface area (Å²) < 4.78 is 11.9. The molecule has 2 aromatic rings. The summed E-state index contributed by atoms with van der Waals surface area (Å²) >= 11 is 0. The van der Waals surface area contributed by atoms with Crippen molar-refractivity contribution in [2.24, 2.45) is 5.92 Å². The molecule has 5 nitrogen and oxygen atoms in total. The Morgan fingerprint density at radius 2 is 1.69 bits per heavy atom. The zero-order chi connectivity index (χ0) is 20.2. The molecule has 156 valence electrons. The number of rotatable bonds is 6. The lowest BCUT2D eigenvalue weighted by molar-refractivity contribution is 0.0305. The molecule has 0 saturated carbocycles. The average Bonchev–Trinajstić information content (AvgIpc) is 2.75. The smallest absolute Gasteiger partial charge is 0.161 e. The summed E-state index contributed by atoms with van der Waals surface area (Å²) in [6, 6.07) is 15.9. The fourth-order valence-electron chi connectivity index (χ4n) is 4.28. The van der Waals surface area contributed by atoms with Crippen LogP contribution in [0.4, 0.5) is 0 Å². The minimum absolute atomic E-state index is 0.0920. The minimum Gasteiger partial charge on any atom is -0.486 e. The Bertz CT molecular complexity index is 784. The molecule has 0 spiro atoms. The number of piperidine rings is 1. The Morgan fingerprint density at radius 1 is 1.00 bits per heavy atom. The molecule has 2 aromatic carbocycles. The van der Waals surface area contributed by atoms with Gasteiger partial charge in [-0.3, -0.25) is 4.90 Å². The predicted octanol–water partition coefficient (Wildman–Crippen LogP) is 3.20. The number of benzene rings is 2. The number of likely N-dealkylation sites (tertiary alicyclic amines) is 1. The van der Waals surface area contributed by atoms with Crippen molar-refractivity contribution in [3.05, 3.63) is 59.7 Å². The molecule has 4 rings (SSSR count). The molecule has 2 heterocycles. The van der Waals surface area contributed by atoms with Crippen LogP contribution in [-0.2, 0) is 6.42 Å². The van der Waals surface area contributed by atoms with E-state index >= 15 is 0 Å². The van der Waals surface area contributed by atoms with Gasteiger partial charge in [0.15, 0.2) is 11.5 Å². The first kappa shape index (κ1) is 20.2. The van der Waals surface area contributed by atoms with Crippen molar-refractivity contribution in [2.45, 2.75) is 44.5 Å². The number of nitrogens with zero attached hydrogens (tertiary/aromatic N) is 1. The molecule has 0 aliphatic carbocycles. The van der Waals surface area contributed by atoms with Gasteiger partial charge in [0.25, 0.3) is 0 Å². The van der Waals surface area contributed by atoms with Crippen LogP contribution in [0.1, 0.15) is 37.0 Å². The lowest BCUT2D eigenvalue weighted by Crippen LogP contribution is -2.44. The first-order chi connectivity index (χ1) is 14.1. The number of hydrogen-bond acceptors (Lipinski definition) is 5. The second-order valence-electron chi connectivity index (χ2n) is 8.37. The third-order valence-corrected chi connectivity index (χ3v) is 6.04. The van der Waals surface area contributed by atoms with Gasteiger partial charge in [-0.05, 0) is 68.5 Å². The normalized spacial score (nSPS) is 22.2. The van der Waals surface area contributed by atoms with E-state index in [1.54, 1.807) is 6.92 Å². The maximum atomic E-state index is 9.95. The van der Waals surface area contributed by atoms with Gasteiger partial charge in [0.1, 0.15) is 18.8 Å². The van der Waals surface area contributed by atoms with Crippen LogP contribution in [-0.4, -0.2) is 53.6 Å². The van der Waals surface area contributed by atoms with E-state index in [1.807, 2.05) is 36.4 Å². The van der Waals surface area contributed by atoms with E-state index < -0.39 is 12.2 Å². The van der Waals surface area contributed by atoms with Crippen molar-refractivity contribution >= 4 is 0 Å². The van der Waals surface area contributed by atoms with Gasteiger partial charge in [-0.25, -0.2) is 0 Å². The summed E-state index contributed by atoms with van der Waals surface area (Å²) in [5, 5.41) is 19.5. The topological polar surface area (TPSA) is 62.2 Å². The Hall–Kier alpha value is -2.08. The molecule has 1 fully saturated rings. The fourth-order valence-corrected chi connectivity index (χ4v) is 4.28. The van der Waals surface area contributed by atoms with Gasteiger partial charge < -0.3 is 19.7 Å². The lowest BCUT2D eigenvalue weighted by atomic mass is 9.89. The summed E-state index contributed by atoms with van der Waals surface area (Å²) in [7, 11) is 0. The van der Waals surface area contributed by atoms with Crippen molar-refractivity contribution < 1.29 is 19.7 Å². The molecular formula is C24H31NO4. The first-order valence-corrected chi connectivity index (χ1v) is 10.6. The van der Waals surface area contributed by atoms with E-state index in [0.717, 1.165) is 43.1 Å². The molecular weight excluding hydrogens is 366 g/mol. The standard InChI is InChI=1S/C24H31NO4/c1-17(26)24(27)20-8-6-18(7-9-20)14-19-10-12-25(13-11-19)15-21-16-28-22-4-2-3-5-23(22)29-21/h2-9,17,19,21,24,26-27H,10-16H2,1H3. The molecule has 29 heavy (non-hydrogen) atoms. The first-order valence-electron chi connectivity index (χ1n) is 10.6. The second-order valence-corrected chi connectivity index (χ2v) is 8.37. The van der Waals surface area contributed by atoms with Gasteiger partial charge in [-0.2, -0.15) is 0 Å². The third-order valence-electron chi connectivity index (χ3n) is 6.04. The molecule has 1 saturated heterocycles. The van der Waals surface area contributed by atoms with Crippen LogP contribution >= 0.6 is 0 Å². The summed E-state index contributed by atoms with van der Waals surface area (Å²) in [5.41, 5.74) is 2.07. The quantitative estimate of drug-likeness (QED) is 0.784. The highest BCUT2D eigenvalue weighted by molar-refractivity contribution is 5.40. The number of fused-ring (bicyclic) bond motifs is 1. The fraction of sp³-hybridized carbons (Fsp3) is 0.500. The minimum atomic E-state index is -0.815. The van der Waals surface area contributed by atoms with E-state index in [9.17, 15) is 10.2 Å². The van der Waals surface area contributed by atoms with Crippen molar-refractivity contribution in [1.82, 2.24) is 4.90 Å². The zero-order valence-electron chi connectivity index (χ0n) is 17.0. The Kier molecular flexibility index (Phi) is 6.38. The summed E-state index contributed by atoms with van der Waals surface area (Å²) in [6.07, 6.45) is 1.96. The SMILES string of the molecule is CC(O)C(O)c1ccc(CC2CCN(CC3COc4ccccc4O3)CC2)cc1. The van der Waals surface area contributed by atoms with Crippen molar-refractivity contribution in [1.29, 1.82) is 0 Å². The van der Waals surface area contributed by atoms with Crippen LogP contribution in [0.25, 0.3) is 0 Å². The predicted molar refractivity (Wildman–Crippen MR) is 112 cm³/mol. The molecule has 3 unspecified atom stereocenters. The Labute approximate surface area is 172 Å². The van der Waals surface area contributed by atoms with Crippen LogP contribution in [0.5, 0.6) is 11.5 Å². The lowest BCUT2D eigenvalue weighted by Gasteiger charge is -2.35. The molecule has 2 aliphatic rings. The molecule has 2 aliphatic heterocycles. The van der Waals surface area contributed by atoms with Gasteiger partial charge >= 0.3 is 0 Å². The maximum Gasteiger partial charge on any atom is 0.161 e. The number of ether oxygens (including phenoxy) is 2. The van der Waals surface area contributed by atoms with E-state index in [1.165, 1.54) is 18.4 Å². The average molecular weight is 398 g/mol. The number of hydrogen-bond donors (Lipinski definition) is 2. The van der Waals surface area contributed by atoms with Crippen molar-refractivity contribution in [2.75, 3.05) is 26.2 Å². The molecule has 5 heteroatoms. The number of aliphatic hydroxyl groups excluding tert-OH is 2. The van der Waals surface area contributed by atoms with Gasteiger partial charge in [0.2, 0.25) is 0 Å². The van der Waals surface area contributed by atoms with Crippen LogP contribution < -0.4 is 9.47 Å². The maximum absolute atomic E-state index is 9.95. The molecule has 0 bridgehead atoms. The Morgan fingerprint density at radius 3 is 2.38 bits per heavy atom. The zero-order valence-corrected chi connectivity index (χ0v) is 17.0. The summed E-state index contributed by atoms with van der Waals surface area (Å²) in [6.45, 7) is 5.31. The summed E-state index contributed by atoms with van der Waals surface area (Å²) in [5.74, 6) is 2.38. The van der Waals surface area contributed by atoms with Gasteiger partial charge in [0, 0.05) is 6.54 Å². The van der Waals surface area contributed by atoms with E-state index in [4.69, 9.17) is 9.47 Å². The van der Waals surface area contributed by atoms with Crippen molar-refractivity contribution in [3.63, 3.8) is 0 Å². The highest BCUT2D eigenvalue weighted by Crippen LogP contribution is 2.31. The van der Waals surface area contributed by atoms with Crippen LogP contribution in [0.2, 0.25) is 0 Å². The highest BCUT2D eigenvalue weighted by atomic mass is 16.6. The second kappa shape index (κ2) is 9.16. The monoisotopic (exact) mass is 397 g/mol. The molecule has 0 radical (unpaired) electrons. The molecule has 3 atom stereocenters. The van der Waals surface area contributed by atoms with E-state index in [0.29, 0.717) is 12.5 Å². The third kappa shape index (κ3) is 5.10. The molecule has 0 amide bonds. The largest absolute Gasteiger partial charge is 0.486 e.